The normalized spacial score (nSPS) is 34.3. The Kier molecular flexibility index (Phi) is 10.2. The lowest BCUT2D eigenvalue weighted by molar-refractivity contribution is -0.210. The molecule has 11 nitrogen and oxygen atoms in total. The fourth-order valence-corrected chi connectivity index (χ4v) is 2.12. The highest BCUT2D eigenvalue weighted by Gasteiger charge is 2.55. The van der Waals surface area contributed by atoms with Gasteiger partial charge in [-0.05, 0) is 6.92 Å². The Hall–Kier alpha value is -0.440. The molecule has 150 valence electrons. The van der Waals surface area contributed by atoms with Crippen molar-refractivity contribution in [2.24, 2.45) is 5.73 Å². The number of hydrogen-bond donors (Lipinski definition) is 7. The molecular formula is C14H29NO10. The van der Waals surface area contributed by atoms with Crippen molar-refractivity contribution >= 4 is 0 Å². The standard InChI is InChI=1S/C8H19NO5.C6H10O5/c1-6(12)7(4-10)14-8(5-11)13-3-2-9;7-1-2-3(8)4(9)5-6(10-2)11-5/h6-8,10-12H,2-5,9H2,1H3;2-9H,1H2. The van der Waals surface area contributed by atoms with Crippen LogP contribution in [-0.2, 0) is 18.9 Å². The molecule has 0 radical (unpaired) electrons. The highest BCUT2D eigenvalue weighted by Crippen LogP contribution is 2.35. The van der Waals surface area contributed by atoms with Gasteiger partial charge in [0.25, 0.3) is 0 Å². The first-order valence-corrected chi connectivity index (χ1v) is 8.04. The Morgan fingerprint density at radius 3 is 2.24 bits per heavy atom. The molecule has 2 fully saturated rings. The first-order chi connectivity index (χ1) is 11.9. The SMILES string of the molecule is CC(O)C(CO)OC(CO)OCCN.OCC1OC2OC2C(O)C1O. The maximum Gasteiger partial charge on any atom is 0.187 e. The van der Waals surface area contributed by atoms with Gasteiger partial charge in [-0.25, -0.2) is 0 Å². The van der Waals surface area contributed by atoms with Gasteiger partial charge in [0.1, 0.15) is 30.5 Å². The fourth-order valence-electron chi connectivity index (χ4n) is 2.12. The summed E-state index contributed by atoms with van der Waals surface area (Å²) in [4.78, 5) is 0. The third-order valence-corrected chi connectivity index (χ3v) is 3.65. The maximum absolute atomic E-state index is 9.22. The summed E-state index contributed by atoms with van der Waals surface area (Å²) < 4.78 is 19.9. The number of aliphatic hydroxyl groups is 6. The molecule has 8 N–H and O–H groups in total. The quantitative estimate of drug-likeness (QED) is 0.154. The smallest absolute Gasteiger partial charge is 0.187 e. The van der Waals surface area contributed by atoms with Crippen LogP contribution >= 0.6 is 0 Å². The van der Waals surface area contributed by atoms with E-state index >= 15 is 0 Å². The number of epoxide rings is 1. The number of ether oxygens (including phenoxy) is 4. The first kappa shape index (κ1) is 22.6. The second kappa shape index (κ2) is 11.3. The lowest BCUT2D eigenvalue weighted by atomic mass is 10.0. The van der Waals surface area contributed by atoms with Gasteiger partial charge in [-0.2, -0.15) is 0 Å². The van der Waals surface area contributed by atoms with Crippen LogP contribution < -0.4 is 5.73 Å². The van der Waals surface area contributed by atoms with Crippen LogP contribution in [0.15, 0.2) is 0 Å². The predicted octanol–water partition coefficient (Wildman–Crippen LogP) is -4.14. The summed E-state index contributed by atoms with van der Waals surface area (Å²) in [6.45, 7) is 1.08. The Bertz CT molecular complexity index is 361. The van der Waals surface area contributed by atoms with E-state index in [1.807, 2.05) is 0 Å². The summed E-state index contributed by atoms with van der Waals surface area (Å²) in [5, 5.41) is 53.9. The van der Waals surface area contributed by atoms with E-state index in [1.54, 1.807) is 0 Å². The molecule has 8 unspecified atom stereocenters. The molecule has 11 heteroatoms. The zero-order valence-corrected chi connectivity index (χ0v) is 14.0. The molecule has 2 saturated heterocycles. The molecule has 0 aliphatic carbocycles. The van der Waals surface area contributed by atoms with E-state index in [-0.39, 0.29) is 26.4 Å². The van der Waals surface area contributed by atoms with Gasteiger partial charge in [0.15, 0.2) is 12.6 Å². The van der Waals surface area contributed by atoms with E-state index in [1.165, 1.54) is 6.92 Å². The molecule has 0 aromatic carbocycles. The first-order valence-electron chi connectivity index (χ1n) is 8.04. The fraction of sp³-hybridized carbons (Fsp3) is 1.00. The zero-order valence-electron chi connectivity index (χ0n) is 14.0. The molecule has 0 saturated carbocycles. The van der Waals surface area contributed by atoms with Crippen molar-refractivity contribution in [3.8, 4) is 0 Å². The molecule has 25 heavy (non-hydrogen) atoms. The lowest BCUT2D eigenvalue weighted by Gasteiger charge is -2.27. The van der Waals surface area contributed by atoms with Gasteiger partial charge in [0.2, 0.25) is 0 Å². The van der Waals surface area contributed by atoms with Crippen LogP contribution in [-0.4, -0.2) is 113 Å². The van der Waals surface area contributed by atoms with E-state index in [9.17, 15) is 10.2 Å². The molecular weight excluding hydrogens is 342 g/mol. The molecule has 2 aliphatic heterocycles. The predicted molar refractivity (Wildman–Crippen MR) is 82.2 cm³/mol. The molecule has 2 heterocycles. The number of aliphatic hydroxyl groups excluding tert-OH is 6. The van der Waals surface area contributed by atoms with Crippen LogP contribution in [0.4, 0.5) is 0 Å². The Balaban J connectivity index is 0.000000255. The molecule has 0 aromatic rings. The van der Waals surface area contributed by atoms with Crippen molar-refractivity contribution in [1.82, 2.24) is 0 Å². The summed E-state index contributed by atoms with van der Waals surface area (Å²) in [6.07, 6.45) is -5.94. The Labute approximate surface area is 145 Å². The number of fused-ring (bicyclic) bond motifs is 1. The van der Waals surface area contributed by atoms with Crippen molar-refractivity contribution < 1.29 is 49.6 Å². The molecule has 2 aliphatic rings. The van der Waals surface area contributed by atoms with E-state index < -0.39 is 49.2 Å². The highest BCUT2D eigenvalue weighted by molar-refractivity contribution is 4.97. The summed E-state index contributed by atoms with van der Waals surface area (Å²) in [5.74, 6) is 0. The summed E-state index contributed by atoms with van der Waals surface area (Å²) in [7, 11) is 0. The van der Waals surface area contributed by atoms with Crippen molar-refractivity contribution in [1.29, 1.82) is 0 Å². The zero-order chi connectivity index (χ0) is 19.0. The minimum absolute atomic E-state index is 0.253. The average molecular weight is 371 g/mol. The molecule has 8 atom stereocenters. The number of nitrogens with two attached hydrogens (primary N) is 1. The van der Waals surface area contributed by atoms with Crippen molar-refractivity contribution in [2.45, 2.75) is 56.1 Å². The molecule has 0 bridgehead atoms. The van der Waals surface area contributed by atoms with Crippen LogP contribution in [0.5, 0.6) is 0 Å². The minimum Gasteiger partial charge on any atom is -0.394 e. The van der Waals surface area contributed by atoms with Gasteiger partial charge in [0, 0.05) is 6.54 Å². The summed E-state index contributed by atoms with van der Waals surface area (Å²) in [5.41, 5.74) is 5.19. The second-order valence-corrected chi connectivity index (χ2v) is 5.68. The largest absolute Gasteiger partial charge is 0.394 e. The Morgan fingerprint density at radius 1 is 1.08 bits per heavy atom. The number of rotatable bonds is 9. The van der Waals surface area contributed by atoms with Gasteiger partial charge >= 0.3 is 0 Å². The summed E-state index contributed by atoms with van der Waals surface area (Å²) in [6, 6.07) is 0. The molecule has 0 spiro atoms. The monoisotopic (exact) mass is 371 g/mol. The van der Waals surface area contributed by atoms with Gasteiger partial charge in [-0.3, -0.25) is 0 Å². The van der Waals surface area contributed by atoms with Crippen molar-refractivity contribution in [3.63, 3.8) is 0 Å². The van der Waals surface area contributed by atoms with Gasteiger partial charge in [0.05, 0.1) is 32.5 Å². The summed E-state index contributed by atoms with van der Waals surface area (Å²) >= 11 is 0. The lowest BCUT2D eigenvalue weighted by Crippen LogP contribution is -2.48. The van der Waals surface area contributed by atoms with E-state index in [2.05, 4.69) is 0 Å². The van der Waals surface area contributed by atoms with Gasteiger partial charge < -0.3 is 55.3 Å². The van der Waals surface area contributed by atoms with Crippen LogP contribution in [0.25, 0.3) is 0 Å². The molecule has 0 amide bonds. The van der Waals surface area contributed by atoms with Gasteiger partial charge in [-0.1, -0.05) is 0 Å². The van der Waals surface area contributed by atoms with Crippen molar-refractivity contribution in [2.75, 3.05) is 33.0 Å². The number of hydrogen-bond acceptors (Lipinski definition) is 11. The maximum atomic E-state index is 9.22. The topological polar surface area (TPSA) is 188 Å². The van der Waals surface area contributed by atoms with Crippen LogP contribution in [0.3, 0.4) is 0 Å². The average Bonchev–Trinajstić information content (AvgIpc) is 3.38. The third kappa shape index (κ3) is 7.00. The van der Waals surface area contributed by atoms with Gasteiger partial charge in [-0.15, -0.1) is 0 Å². The van der Waals surface area contributed by atoms with Crippen LogP contribution in [0.1, 0.15) is 6.92 Å². The molecule has 0 aromatic heterocycles. The highest BCUT2D eigenvalue weighted by atomic mass is 16.8. The van der Waals surface area contributed by atoms with Crippen LogP contribution in [0.2, 0.25) is 0 Å². The van der Waals surface area contributed by atoms with E-state index in [0.717, 1.165) is 0 Å². The van der Waals surface area contributed by atoms with E-state index in [0.29, 0.717) is 6.54 Å². The van der Waals surface area contributed by atoms with Crippen LogP contribution in [0, 0.1) is 0 Å². The Morgan fingerprint density at radius 2 is 1.76 bits per heavy atom. The van der Waals surface area contributed by atoms with Crippen molar-refractivity contribution in [3.05, 3.63) is 0 Å². The van der Waals surface area contributed by atoms with E-state index in [4.69, 9.17) is 45.1 Å². The molecule has 2 rings (SSSR count). The third-order valence-electron chi connectivity index (χ3n) is 3.65. The second-order valence-electron chi connectivity index (χ2n) is 5.68. The minimum atomic E-state index is -1.04.